The van der Waals surface area contributed by atoms with E-state index in [0.717, 1.165) is 10.8 Å². The zero-order valence-electron chi connectivity index (χ0n) is 18.8. The predicted molar refractivity (Wildman–Crippen MR) is 134 cm³/mol. The molecule has 186 valence electrons. The van der Waals surface area contributed by atoms with Crippen LogP contribution in [-0.4, -0.2) is 23.1 Å². The summed E-state index contributed by atoms with van der Waals surface area (Å²) in [6.07, 6.45) is -2.62. The average Bonchev–Trinajstić information content (AvgIpc) is 3.60. The molecule has 7 nitrogen and oxygen atoms in total. The van der Waals surface area contributed by atoms with Crippen LogP contribution in [0.5, 0.6) is 11.5 Å². The van der Waals surface area contributed by atoms with Crippen molar-refractivity contribution in [1.29, 1.82) is 0 Å². The van der Waals surface area contributed by atoms with Gasteiger partial charge in [-0.1, -0.05) is 42.5 Å². The minimum Gasteiger partial charge on any atom is -0.395 e. The number of nitrogens with two attached hydrogens (primary N) is 1. The first kappa shape index (κ1) is 22.0. The number of pyridine rings is 1. The number of aromatic nitrogens is 1. The first-order valence-corrected chi connectivity index (χ1v) is 11.3. The highest BCUT2D eigenvalue weighted by Gasteiger charge is 2.53. The highest BCUT2D eigenvalue weighted by atomic mass is 19.3. The topological polar surface area (TPSA) is 104 Å². The van der Waals surface area contributed by atoms with Gasteiger partial charge in [0.1, 0.15) is 5.82 Å². The summed E-state index contributed by atoms with van der Waals surface area (Å²) in [5.41, 5.74) is 6.75. The number of primary amides is 1. The molecule has 2 amide bonds. The van der Waals surface area contributed by atoms with Gasteiger partial charge in [0, 0.05) is 20.8 Å². The second-order valence-corrected chi connectivity index (χ2v) is 8.89. The molecule has 36 heavy (non-hydrogen) atoms. The van der Waals surface area contributed by atoms with Crippen LogP contribution in [0.25, 0.3) is 22.0 Å². The molecule has 3 aromatic carbocycles. The van der Waals surface area contributed by atoms with Gasteiger partial charge in [-0.25, -0.2) is 4.98 Å². The van der Waals surface area contributed by atoms with Crippen molar-refractivity contribution in [3.05, 3.63) is 83.9 Å². The quantitative estimate of drug-likeness (QED) is 0.370. The fourth-order valence-electron chi connectivity index (χ4n) is 4.56. The summed E-state index contributed by atoms with van der Waals surface area (Å²) in [4.78, 5) is 29.8. The number of carbonyl (C=O) groups is 2. The smallest absolute Gasteiger partial charge is 0.395 e. The van der Waals surface area contributed by atoms with Crippen LogP contribution in [0.4, 0.5) is 14.6 Å². The first-order valence-electron chi connectivity index (χ1n) is 11.3. The lowest BCUT2D eigenvalue weighted by Gasteiger charge is -2.17. The van der Waals surface area contributed by atoms with Gasteiger partial charge in [-0.3, -0.25) is 9.59 Å². The second kappa shape index (κ2) is 7.74. The van der Waals surface area contributed by atoms with Gasteiger partial charge in [-0.15, -0.1) is 8.78 Å². The first-order chi connectivity index (χ1) is 17.2. The van der Waals surface area contributed by atoms with Crippen molar-refractivity contribution in [2.75, 3.05) is 5.32 Å². The van der Waals surface area contributed by atoms with Gasteiger partial charge in [-0.2, -0.15) is 0 Å². The van der Waals surface area contributed by atoms with Crippen molar-refractivity contribution in [1.82, 2.24) is 4.98 Å². The Labute approximate surface area is 208 Å². The molecule has 6 rings (SSSR count). The van der Waals surface area contributed by atoms with Gasteiger partial charge in [-0.05, 0) is 54.1 Å². The Kier molecular flexibility index (Phi) is 4.72. The Balaban J connectivity index is 0.00000140. The number of anilines is 1. The van der Waals surface area contributed by atoms with Crippen LogP contribution in [-0.2, 0) is 10.2 Å². The number of alkyl halides is 2. The Morgan fingerprint density at radius 2 is 1.72 bits per heavy atom. The summed E-state index contributed by atoms with van der Waals surface area (Å²) < 4.78 is 35.9. The molecule has 2 aliphatic rings. The summed E-state index contributed by atoms with van der Waals surface area (Å²) in [7, 11) is 0. The van der Waals surface area contributed by atoms with E-state index >= 15 is 0 Å². The standard InChI is InChI=1S/C27H19F2N3O4.3H2/c28-27(29)35-20-9-8-18(14-21(20)36-27)26(10-11-26)25(34)32-22-13-15-4-1-2-7-19(15)23(31-22)16-5-3-6-17(12-16)24(30)33;;;/h1-9,12-14H,10-11H2,(H2,30,33)(H,31,32,34);3*1H. The van der Waals surface area contributed by atoms with Crippen LogP contribution >= 0.6 is 0 Å². The van der Waals surface area contributed by atoms with Crippen molar-refractivity contribution in [2.45, 2.75) is 24.6 Å². The molecular weight excluding hydrogens is 468 g/mol. The van der Waals surface area contributed by atoms with Crippen LogP contribution in [0.15, 0.2) is 72.8 Å². The number of halogens is 2. The fraction of sp³-hybridized carbons (Fsp3) is 0.148. The predicted octanol–water partition coefficient (Wildman–Crippen LogP) is 5.73. The number of ether oxygens (including phenoxy) is 2. The number of fused-ring (bicyclic) bond motifs is 2. The van der Waals surface area contributed by atoms with E-state index in [2.05, 4.69) is 14.8 Å². The van der Waals surface area contributed by atoms with E-state index in [9.17, 15) is 18.4 Å². The van der Waals surface area contributed by atoms with Crippen LogP contribution in [0.2, 0.25) is 0 Å². The molecule has 1 aromatic heterocycles. The number of carbonyl (C=O) groups excluding carboxylic acids is 2. The molecule has 1 fully saturated rings. The molecule has 0 saturated heterocycles. The number of nitrogens with zero attached hydrogens (tertiary/aromatic N) is 1. The highest BCUT2D eigenvalue weighted by Crippen LogP contribution is 2.52. The van der Waals surface area contributed by atoms with Crippen molar-refractivity contribution < 1.29 is 32.1 Å². The maximum Gasteiger partial charge on any atom is 0.586 e. The largest absolute Gasteiger partial charge is 0.586 e. The van der Waals surface area contributed by atoms with E-state index in [0.29, 0.717) is 41.0 Å². The van der Waals surface area contributed by atoms with Crippen molar-refractivity contribution in [3.8, 4) is 22.8 Å². The summed E-state index contributed by atoms with van der Waals surface area (Å²) in [5.74, 6) is -0.691. The van der Waals surface area contributed by atoms with Crippen LogP contribution in [0, 0.1) is 0 Å². The van der Waals surface area contributed by atoms with Gasteiger partial charge >= 0.3 is 6.29 Å². The third-order valence-corrected chi connectivity index (χ3v) is 6.54. The number of amides is 2. The Morgan fingerprint density at radius 3 is 2.50 bits per heavy atom. The van der Waals surface area contributed by atoms with E-state index in [1.54, 1.807) is 30.3 Å². The average molecular weight is 494 g/mol. The van der Waals surface area contributed by atoms with Gasteiger partial charge in [0.05, 0.1) is 11.1 Å². The molecule has 9 heteroatoms. The molecule has 1 aliphatic heterocycles. The van der Waals surface area contributed by atoms with E-state index in [-0.39, 0.29) is 21.7 Å². The third kappa shape index (κ3) is 3.69. The zero-order chi connectivity index (χ0) is 25.1. The normalized spacial score (nSPS) is 16.5. The lowest BCUT2D eigenvalue weighted by atomic mass is 9.94. The SMILES string of the molecule is NC(=O)c1cccc(-c2nc(NC(=O)C3(c4ccc5c(c4)OC(F)(F)O5)CC3)cc3ccccc23)c1.[HH].[HH].[HH]. The minimum absolute atomic E-state index is 0. The summed E-state index contributed by atoms with van der Waals surface area (Å²) >= 11 is 0. The van der Waals surface area contributed by atoms with Gasteiger partial charge < -0.3 is 20.5 Å². The number of nitrogens with one attached hydrogen (secondary N) is 1. The zero-order valence-corrected chi connectivity index (χ0v) is 18.8. The molecule has 0 spiro atoms. The number of benzene rings is 3. The van der Waals surface area contributed by atoms with Gasteiger partial charge in [0.2, 0.25) is 11.8 Å². The van der Waals surface area contributed by atoms with Crippen LogP contribution < -0.4 is 20.5 Å². The third-order valence-electron chi connectivity index (χ3n) is 6.54. The Morgan fingerprint density at radius 1 is 0.944 bits per heavy atom. The molecule has 2 heterocycles. The summed E-state index contributed by atoms with van der Waals surface area (Å²) in [6, 6.07) is 20.6. The van der Waals surface area contributed by atoms with Crippen LogP contribution in [0.1, 0.15) is 33.0 Å². The molecule has 0 atom stereocenters. The molecule has 1 saturated carbocycles. The second-order valence-electron chi connectivity index (χ2n) is 8.89. The molecule has 4 aromatic rings. The highest BCUT2D eigenvalue weighted by molar-refractivity contribution is 6.04. The fourth-order valence-corrected chi connectivity index (χ4v) is 4.56. The van der Waals surface area contributed by atoms with Gasteiger partial charge in [0.15, 0.2) is 11.5 Å². The minimum atomic E-state index is -3.73. The number of hydrogen-bond donors (Lipinski definition) is 2. The van der Waals surface area contributed by atoms with Crippen molar-refractivity contribution in [3.63, 3.8) is 0 Å². The van der Waals surface area contributed by atoms with Crippen LogP contribution in [0.3, 0.4) is 0 Å². The molecule has 0 unspecified atom stereocenters. The Bertz CT molecular complexity index is 1580. The molecule has 3 N–H and O–H groups in total. The Hall–Kier alpha value is -4.53. The van der Waals surface area contributed by atoms with Crippen molar-refractivity contribution >= 4 is 28.4 Å². The van der Waals surface area contributed by atoms with E-state index in [1.165, 1.54) is 12.1 Å². The van der Waals surface area contributed by atoms with Gasteiger partial charge in [0.25, 0.3) is 0 Å². The molecule has 0 radical (unpaired) electrons. The molecule has 1 aliphatic carbocycles. The number of hydrogen-bond acceptors (Lipinski definition) is 5. The summed E-state index contributed by atoms with van der Waals surface area (Å²) in [6.45, 7) is 0. The van der Waals surface area contributed by atoms with E-state index in [4.69, 9.17) is 10.7 Å². The maximum atomic E-state index is 13.4. The lowest BCUT2D eigenvalue weighted by Crippen LogP contribution is -2.28. The lowest BCUT2D eigenvalue weighted by molar-refractivity contribution is -0.286. The number of rotatable bonds is 5. The summed E-state index contributed by atoms with van der Waals surface area (Å²) in [5, 5.41) is 4.59. The maximum absolute atomic E-state index is 13.4. The molecular formula is C27H25F2N3O4. The monoisotopic (exact) mass is 493 g/mol. The van der Waals surface area contributed by atoms with E-state index < -0.39 is 17.6 Å². The van der Waals surface area contributed by atoms with Crippen molar-refractivity contribution in [2.24, 2.45) is 5.73 Å². The molecule has 0 bridgehead atoms. The van der Waals surface area contributed by atoms with E-state index in [1.807, 2.05) is 30.3 Å².